The van der Waals surface area contributed by atoms with E-state index in [9.17, 15) is 0 Å². The number of pyridine rings is 1. The van der Waals surface area contributed by atoms with E-state index >= 15 is 0 Å². The Bertz CT molecular complexity index is 2630. The van der Waals surface area contributed by atoms with Crippen LogP contribution in [-0.2, 0) is 37.2 Å². The van der Waals surface area contributed by atoms with Crippen LogP contribution in [0.4, 0.5) is 17.1 Å². The van der Waals surface area contributed by atoms with Gasteiger partial charge in [-0.2, -0.15) is 0 Å². The van der Waals surface area contributed by atoms with Crippen molar-refractivity contribution in [3.05, 3.63) is 161 Å². The molecule has 0 saturated heterocycles. The fourth-order valence-corrected chi connectivity index (χ4v) is 8.14. The average Bonchev–Trinajstić information content (AvgIpc) is 3.66. The van der Waals surface area contributed by atoms with E-state index in [1.54, 1.807) is 0 Å². The third kappa shape index (κ3) is 6.32. The molecule has 0 amide bonds. The molecule has 0 spiro atoms. The molecule has 0 aliphatic rings. The first kappa shape index (κ1) is 34.8. The van der Waals surface area contributed by atoms with Gasteiger partial charge in [-0.1, -0.05) is 42.5 Å². The van der Waals surface area contributed by atoms with Gasteiger partial charge < -0.3 is 0 Å². The van der Waals surface area contributed by atoms with Crippen molar-refractivity contribution in [3.63, 3.8) is 0 Å². The molecule has 6 heteroatoms. The standard InChI is InChI=1S/C47H45N5.Pt/c1-46(2,3)40-19-14-20-41(47(4,5)6)45(40)51(36-18-13-17-35(30-36)50-28-27-49(7)32-50)37-23-24-38-39-29-34(33-15-9-8-10-16-33)22-25-42(39)52(43(38)31-37)44-21-11-12-26-48-44;/h8-31H,1-7H3;. The summed E-state index contributed by atoms with van der Waals surface area (Å²) < 4.78 is 7.85. The molecule has 0 unspecified atom stereocenters. The molecule has 8 rings (SSSR count). The number of hydrogen-bond donors (Lipinski definition) is 0. The molecule has 0 bridgehead atoms. The summed E-state index contributed by atoms with van der Waals surface area (Å²) in [4.78, 5) is 7.38. The Labute approximate surface area is 323 Å². The van der Waals surface area contributed by atoms with E-state index in [0.29, 0.717) is 0 Å². The molecule has 5 aromatic carbocycles. The van der Waals surface area contributed by atoms with Crippen LogP contribution in [0.1, 0.15) is 52.7 Å². The van der Waals surface area contributed by atoms with Crippen LogP contribution in [0, 0.1) is 3.80 Å². The molecule has 0 N–H and O–H groups in total. The minimum atomic E-state index is -0.114. The summed E-state index contributed by atoms with van der Waals surface area (Å²) >= 11 is 2.40. The van der Waals surface area contributed by atoms with E-state index in [2.05, 4.69) is 220 Å². The molecule has 0 aliphatic heterocycles. The van der Waals surface area contributed by atoms with Crippen LogP contribution in [0.25, 0.3) is 44.4 Å². The average molecular weight is 875 g/mol. The Hall–Kier alpha value is -5.25. The van der Waals surface area contributed by atoms with E-state index in [1.807, 2.05) is 12.3 Å². The molecule has 0 radical (unpaired) electrons. The summed E-state index contributed by atoms with van der Waals surface area (Å²) in [6, 6.07) is 46.4. The number of rotatable bonds is 6. The number of aromatic nitrogens is 4. The zero-order valence-corrected chi connectivity index (χ0v) is 33.7. The Balaban J connectivity index is 1.45. The summed E-state index contributed by atoms with van der Waals surface area (Å²) in [6.07, 6.45) is 6.12. The van der Waals surface area contributed by atoms with Gasteiger partial charge in [-0.3, -0.25) is 0 Å². The predicted octanol–water partition coefficient (Wildman–Crippen LogP) is 12.1. The maximum absolute atomic E-state index is 4.89. The summed E-state index contributed by atoms with van der Waals surface area (Å²) in [5.74, 6) is 0.895. The first-order chi connectivity index (χ1) is 25.4. The number of fused-ring (bicyclic) bond motifs is 3. The molecule has 53 heavy (non-hydrogen) atoms. The summed E-state index contributed by atoms with van der Waals surface area (Å²) in [5, 5.41) is 2.39. The van der Waals surface area contributed by atoms with Crippen LogP contribution < -0.4 is 4.90 Å². The number of benzene rings is 5. The molecule has 0 aliphatic carbocycles. The van der Waals surface area contributed by atoms with Gasteiger partial charge in [-0.25, -0.2) is 0 Å². The van der Waals surface area contributed by atoms with E-state index in [0.717, 1.165) is 37.7 Å². The zero-order chi connectivity index (χ0) is 37.1. The van der Waals surface area contributed by atoms with Crippen LogP contribution >= 0.6 is 0 Å². The molecule has 0 saturated carbocycles. The predicted molar refractivity (Wildman–Crippen MR) is 218 cm³/mol. The number of para-hydroxylation sites is 1. The van der Waals surface area contributed by atoms with Crippen LogP contribution in [0.5, 0.6) is 0 Å². The number of imidazole rings is 1. The minimum absolute atomic E-state index is 0.114. The van der Waals surface area contributed by atoms with Crippen molar-refractivity contribution in [3.8, 4) is 22.6 Å². The van der Waals surface area contributed by atoms with Crippen molar-refractivity contribution in [1.29, 1.82) is 0 Å². The van der Waals surface area contributed by atoms with Crippen molar-refractivity contribution < 1.29 is 19.4 Å². The Kier molecular flexibility index (Phi) is 8.74. The number of nitrogens with zero attached hydrogens (tertiary/aromatic N) is 5. The van der Waals surface area contributed by atoms with E-state index < -0.39 is 0 Å². The van der Waals surface area contributed by atoms with Crippen molar-refractivity contribution in [2.75, 3.05) is 4.90 Å². The molecule has 0 atom stereocenters. The first-order valence-electron chi connectivity index (χ1n) is 18.2. The maximum atomic E-state index is 4.89. The van der Waals surface area contributed by atoms with Crippen molar-refractivity contribution in [2.45, 2.75) is 52.4 Å². The van der Waals surface area contributed by atoms with Crippen LogP contribution in [0.15, 0.2) is 146 Å². The Morgan fingerprint density at radius 1 is 0.585 bits per heavy atom. The monoisotopic (exact) mass is 874 g/mol. The molecular formula is C47H45N5Pt. The molecule has 8 aromatic rings. The van der Waals surface area contributed by atoms with E-state index in [-0.39, 0.29) is 10.8 Å². The van der Waals surface area contributed by atoms with Crippen LogP contribution in [0.3, 0.4) is 0 Å². The SMILES string of the molecule is Cn1ccn(-c2cccc(N(c3ccc4c5cc(-c6ccccc6)ccc5n(-c5ccccn5)c4c3)c3c(C(C)(C)C)cccc3C(C)(C)C)c2)[c]1=[Pt]. The normalized spacial score (nSPS) is 12.2. The van der Waals surface area contributed by atoms with Gasteiger partial charge in [0.15, 0.2) is 0 Å². The molecule has 3 aromatic heterocycles. The summed E-state index contributed by atoms with van der Waals surface area (Å²) in [5.41, 5.74) is 11.5. The second kappa shape index (κ2) is 13.3. The van der Waals surface area contributed by atoms with E-state index in [4.69, 9.17) is 4.98 Å². The summed E-state index contributed by atoms with van der Waals surface area (Å²) in [7, 11) is 2.09. The van der Waals surface area contributed by atoms with Gasteiger partial charge >= 0.3 is 259 Å². The molecule has 3 heterocycles. The topological polar surface area (TPSA) is 30.9 Å². The van der Waals surface area contributed by atoms with Gasteiger partial charge in [0.25, 0.3) is 0 Å². The second-order valence-corrected chi connectivity index (χ2v) is 16.9. The summed E-state index contributed by atoms with van der Waals surface area (Å²) in [6.45, 7) is 13.9. The van der Waals surface area contributed by atoms with Gasteiger partial charge in [-0.15, -0.1) is 0 Å². The molecular weight excluding hydrogens is 830 g/mol. The van der Waals surface area contributed by atoms with Gasteiger partial charge in [0, 0.05) is 6.20 Å². The van der Waals surface area contributed by atoms with Gasteiger partial charge in [0.1, 0.15) is 0 Å². The quantitative estimate of drug-likeness (QED) is 0.167. The third-order valence-corrected chi connectivity index (χ3v) is 11.5. The van der Waals surface area contributed by atoms with Gasteiger partial charge in [-0.05, 0) is 17.2 Å². The fraction of sp³-hybridized carbons (Fsp3) is 0.191. The van der Waals surface area contributed by atoms with Gasteiger partial charge in [0.05, 0.1) is 0 Å². The molecule has 0 fully saturated rings. The number of anilines is 3. The Morgan fingerprint density at radius 2 is 1.28 bits per heavy atom. The first-order valence-corrected chi connectivity index (χ1v) is 19.3. The number of aryl methyl sites for hydroxylation is 1. The fourth-order valence-electron chi connectivity index (χ4n) is 7.51. The van der Waals surface area contributed by atoms with E-state index in [1.165, 1.54) is 38.7 Å². The van der Waals surface area contributed by atoms with Crippen molar-refractivity contribution in [2.24, 2.45) is 7.05 Å². The van der Waals surface area contributed by atoms with Crippen molar-refractivity contribution >= 4 is 38.9 Å². The zero-order valence-electron chi connectivity index (χ0n) is 31.4. The second-order valence-electron chi connectivity index (χ2n) is 15.9. The third-order valence-electron chi connectivity index (χ3n) is 10.1. The van der Waals surface area contributed by atoms with Crippen LogP contribution in [0.2, 0.25) is 0 Å². The van der Waals surface area contributed by atoms with Crippen LogP contribution in [-0.4, -0.2) is 18.7 Å². The molecule has 268 valence electrons. The Morgan fingerprint density at radius 3 is 1.94 bits per heavy atom. The van der Waals surface area contributed by atoms with Crippen molar-refractivity contribution in [1.82, 2.24) is 18.7 Å². The number of hydrogen-bond acceptors (Lipinski definition) is 2. The van der Waals surface area contributed by atoms with Gasteiger partial charge in [0.2, 0.25) is 0 Å². The molecule has 5 nitrogen and oxygen atoms in total.